The molecular weight excluding hydrogens is 278 g/mol. The van der Waals surface area contributed by atoms with Crippen LogP contribution in [0, 0.1) is 11.6 Å². The van der Waals surface area contributed by atoms with Crippen molar-refractivity contribution < 1.29 is 18.3 Å². The number of rotatable bonds is 3. The first-order valence-electron chi connectivity index (χ1n) is 7.02. The predicted molar refractivity (Wildman–Crippen MR) is 76.0 cm³/mol. The molecule has 1 amide bonds. The van der Waals surface area contributed by atoms with E-state index in [1.165, 1.54) is 6.07 Å². The van der Waals surface area contributed by atoms with Crippen LogP contribution >= 0.6 is 0 Å². The van der Waals surface area contributed by atoms with Gasteiger partial charge >= 0.3 is 0 Å². The van der Waals surface area contributed by atoms with Gasteiger partial charge in [-0.3, -0.25) is 9.69 Å². The van der Waals surface area contributed by atoms with Gasteiger partial charge in [0.1, 0.15) is 0 Å². The summed E-state index contributed by atoms with van der Waals surface area (Å²) in [5, 5.41) is 2.61. The van der Waals surface area contributed by atoms with Gasteiger partial charge in [0.2, 0.25) is 5.91 Å². The first-order valence-corrected chi connectivity index (χ1v) is 7.02. The minimum atomic E-state index is -0.978. The molecule has 0 aromatic heterocycles. The van der Waals surface area contributed by atoms with Gasteiger partial charge in [-0.1, -0.05) is 0 Å². The molecule has 0 spiro atoms. The van der Waals surface area contributed by atoms with Crippen LogP contribution in [0.2, 0.25) is 0 Å². The van der Waals surface area contributed by atoms with E-state index in [4.69, 9.17) is 4.74 Å². The molecule has 116 valence electrons. The fourth-order valence-electron chi connectivity index (χ4n) is 2.52. The Morgan fingerprint density at radius 1 is 1.29 bits per heavy atom. The minimum absolute atomic E-state index is 0.0623. The highest BCUT2D eigenvalue weighted by atomic mass is 19.2. The molecule has 1 saturated heterocycles. The van der Waals surface area contributed by atoms with E-state index < -0.39 is 11.6 Å². The Balaban J connectivity index is 2.00. The molecule has 4 nitrogen and oxygen atoms in total. The number of morpholine rings is 1. The molecule has 2 rings (SSSR count). The highest BCUT2D eigenvalue weighted by Crippen LogP contribution is 2.17. The van der Waals surface area contributed by atoms with Crippen LogP contribution in [0.15, 0.2) is 18.2 Å². The Morgan fingerprint density at radius 3 is 2.48 bits per heavy atom. The molecule has 1 fully saturated rings. The van der Waals surface area contributed by atoms with Gasteiger partial charge in [-0.25, -0.2) is 8.78 Å². The largest absolute Gasteiger partial charge is 0.373 e. The topological polar surface area (TPSA) is 41.6 Å². The smallest absolute Gasteiger partial charge is 0.241 e. The second-order valence-electron chi connectivity index (χ2n) is 5.51. The Bertz CT molecular complexity index is 514. The summed E-state index contributed by atoms with van der Waals surface area (Å²) in [4.78, 5) is 14.2. The van der Waals surface area contributed by atoms with Gasteiger partial charge in [0.15, 0.2) is 11.6 Å². The molecule has 21 heavy (non-hydrogen) atoms. The van der Waals surface area contributed by atoms with Crippen molar-refractivity contribution in [3.05, 3.63) is 29.8 Å². The number of nitrogens with zero attached hydrogens (tertiary/aromatic N) is 1. The number of ether oxygens (including phenoxy) is 1. The van der Waals surface area contributed by atoms with E-state index >= 15 is 0 Å². The van der Waals surface area contributed by atoms with Gasteiger partial charge in [0, 0.05) is 24.8 Å². The first-order chi connectivity index (χ1) is 9.86. The number of benzene rings is 1. The van der Waals surface area contributed by atoms with Crippen molar-refractivity contribution in [3.63, 3.8) is 0 Å². The molecule has 1 aromatic rings. The van der Waals surface area contributed by atoms with E-state index in [9.17, 15) is 13.6 Å². The van der Waals surface area contributed by atoms with Crippen LogP contribution in [0.25, 0.3) is 0 Å². The lowest BCUT2D eigenvalue weighted by Crippen LogP contribution is -2.52. The maximum atomic E-state index is 13.1. The summed E-state index contributed by atoms with van der Waals surface area (Å²) in [5.74, 6) is -2.16. The quantitative estimate of drug-likeness (QED) is 0.931. The number of halogens is 2. The van der Waals surface area contributed by atoms with E-state index in [1.807, 2.05) is 18.7 Å². The van der Waals surface area contributed by atoms with Crippen molar-refractivity contribution in [2.24, 2.45) is 0 Å². The van der Waals surface area contributed by atoms with Crippen LogP contribution < -0.4 is 5.32 Å². The fourth-order valence-corrected chi connectivity index (χ4v) is 2.52. The van der Waals surface area contributed by atoms with Crippen LogP contribution in [0.1, 0.15) is 20.8 Å². The van der Waals surface area contributed by atoms with Gasteiger partial charge in [-0.15, -0.1) is 0 Å². The zero-order valence-corrected chi connectivity index (χ0v) is 12.4. The van der Waals surface area contributed by atoms with E-state index in [2.05, 4.69) is 5.32 Å². The van der Waals surface area contributed by atoms with Crippen molar-refractivity contribution in [1.29, 1.82) is 0 Å². The summed E-state index contributed by atoms with van der Waals surface area (Å²) in [7, 11) is 0. The van der Waals surface area contributed by atoms with Crippen LogP contribution in [0.4, 0.5) is 14.5 Å². The second-order valence-corrected chi connectivity index (χ2v) is 5.51. The number of hydrogen-bond acceptors (Lipinski definition) is 3. The standard InChI is InChI=1S/C15H20F2N2O2/c1-9-7-19(8-10(2)21-9)11(3)15(20)18-12-4-5-13(16)14(17)6-12/h4-6,9-11H,7-8H2,1-3H3,(H,18,20)/t9-,10+,11-/m0/s1. The van der Waals surface area contributed by atoms with E-state index in [1.54, 1.807) is 6.92 Å². The molecule has 6 heteroatoms. The maximum absolute atomic E-state index is 13.1. The van der Waals surface area contributed by atoms with Crippen molar-refractivity contribution >= 4 is 11.6 Å². The van der Waals surface area contributed by atoms with Crippen LogP contribution in [-0.2, 0) is 9.53 Å². The Hall–Kier alpha value is -1.53. The lowest BCUT2D eigenvalue weighted by atomic mass is 10.1. The average Bonchev–Trinajstić information content (AvgIpc) is 2.41. The highest BCUT2D eigenvalue weighted by molar-refractivity contribution is 5.94. The average molecular weight is 298 g/mol. The molecule has 0 unspecified atom stereocenters. The number of amides is 1. The van der Waals surface area contributed by atoms with E-state index in [0.717, 1.165) is 12.1 Å². The Kier molecular flexibility index (Phi) is 4.90. The minimum Gasteiger partial charge on any atom is -0.373 e. The summed E-state index contributed by atoms with van der Waals surface area (Å²) < 4.78 is 31.6. The number of carbonyl (C=O) groups is 1. The molecule has 1 aliphatic heterocycles. The predicted octanol–water partition coefficient (Wildman–Crippen LogP) is 2.40. The van der Waals surface area contributed by atoms with Gasteiger partial charge in [0.25, 0.3) is 0 Å². The summed E-state index contributed by atoms with van der Waals surface area (Å²) >= 11 is 0. The van der Waals surface area contributed by atoms with Crippen molar-refractivity contribution in [1.82, 2.24) is 4.90 Å². The van der Waals surface area contributed by atoms with Gasteiger partial charge in [-0.05, 0) is 32.9 Å². The van der Waals surface area contributed by atoms with Gasteiger partial charge in [-0.2, -0.15) is 0 Å². The second kappa shape index (κ2) is 6.49. The number of hydrogen-bond donors (Lipinski definition) is 1. The normalized spacial score (nSPS) is 24.6. The SMILES string of the molecule is C[C@@H]1CN([C@@H](C)C(=O)Nc2ccc(F)c(F)c2)C[C@H](C)O1. The molecule has 0 bridgehead atoms. The molecular formula is C15H20F2N2O2. The molecule has 1 N–H and O–H groups in total. The third-order valence-corrected chi connectivity index (χ3v) is 3.56. The van der Waals surface area contributed by atoms with Crippen LogP contribution in [0.5, 0.6) is 0 Å². The molecule has 0 aliphatic carbocycles. The van der Waals surface area contributed by atoms with Gasteiger partial charge in [0.05, 0.1) is 18.2 Å². The van der Waals surface area contributed by atoms with Crippen LogP contribution in [0.3, 0.4) is 0 Å². The van der Waals surface area contributed by atoms with E-state index in [-0.39, 0.29) is 29.8 Å². The number of carbonyl (C=O) groups excluding carboxylic acids is 1. The summed E-state index contributed by atoms with van der Waals surface area (Å²) in [6, 6.07) is 2.94. The maximum Gasteiger partial charge on any atom is 0.241 e. The first kappa shape index (κ1) is 15.9. The molecule has 1 aromatic carbocycles. The Labute approximate surface area is 123 Å². The number of anilines is 1. The molecule has 0 saturated carbocycles. The van der Waals surface area contributed by atoms with Crippen LogP contribution in [-0.4, -0.2) is 42.1 Å². The zero-order valence-electron chi connectivity index (χ0n) is 12.4. The summed E-state index contributed by atoms with van der Waals surface area (Å²) in [5.41, 5.74) is 0.250. The monoisotopic (exact) mass is 298 g/mol. The van der Waals surface area contributed by atoms with Crippen molar-refractivity contribution in [3.8, 4) is 0 Å². The third kappa shape index (κ3) is 3.98. The fraction of sp³-hybridized carbons (Fsp3) is 0.533. The van der Waals surface area contributed by atoms with Crippen molar-refractivity contribution in [2.75, 3.05) is 18.4 Å². The molecule has 1 aliphatic rings. The lowest BCUT2D eigenvalue weighted by molar-refractivity contribution is -0.126. The summed E-state index contributed by atoms with van der Waals surface area (Å²) in [6.45, 7) is 7.04. The molecule has 3 atom stereocenters. The Morgan fingerprint density at radius 2 is 1.90 bits per heavy atom. The van der Waals surface area contributed by atoms with Gasteiger partial charge < -0.3 is 10.1 Å². The van der Waals surface area contributed by atoms with Crippen molar-refractivity contribution in [2.45, 2.75) is 39.0 Å². The lowest BCUT2D eigenvalue weighted by Gasteiger charge is -2.38. The molecule has 0 radical (unpaired) electrons. The summed E-state index contributed by atoms with van der Waals surface area (Å²) in [6.07, 6.45) is 0.125. The van der Waals surface area contributed by atoms with E-state index in [0.29, 0.717) is 13.1 Å². The number of nitrogens with one attached hydrogen (secondary N) is 1. The molecule has 1 heterocycles. The zero-order chi connectivity index (χ0) is 15.6. The third-order valence-electron chi connectivity index (χ3n) is 3.56. The highest BCUT2D eigenvalue weighted by Gasteiger charge is 2.29.